The number of amides is 2. The van der Waals surface area contributed by atoms with Crippen molar-refractivity contribution in [1.29, 1.82) is 0 Å². The van der Waals surface area contributed by atoms with Crippen molar-refractivity contribution in [2.75, 3.05) is 17.1 Å². The molecule has 0 heterocycles. The Balaban J connectivity index is 2.16. The Morgan fingerprint density at radius 1 is 1.00 bits per heavy atom. The number of hydrogen-bond donors (Lipinski definition) is 1. The first-order valence-electron chi connectivity index (χ1n) is 12.1. The fourth-order valence-corrected chi connectivity index (χ4v) is 4.74. The number of rotatable bonds is 12. The molecule has 0 saturated carbocycles. The van der Waals surface area contributed by atoms with Gasteiger partial charge in [0, 0.05) is 25.6 Å². The number of carbonyl (C=O) groups is 2. The summed E-state index contributed by atoms with van der Waals surface area (Å²) in [6, 6.07) is 14.5. The molecule has 0 aliphatic rings. The molecule has 8 heteroatoms. The highest BCUT2D eigenvalue weighted by Crippen LogP contribution is 2.20. The molecule has 0 spiro atoms. The van der Waals surface area contributed by atoms with Gasteiger partial charge in [0.05, 0.1) is 11.9 Å². The summed E-state index contributed by atoms with van der Waals surface area (Å²) < 4.78 is 26.1. The topological polar surface area (TPSA) is 86.8 Å². The van der Waals surface area contributed by atoms with E-state index in [0.29, 0.717) is 18.7 Å². The maximum Gasteiger partial charge on any atom is 0.242 e. The van der Waals surface area contributed by atoms with Crippen molar-refractivity contribution >= 4 is 27.5 Å². The summed E-state index contributed by atoms with van der Waals surface area (Å²) in [5, 5.41) is 2.96. The smallest absolute Gasteiger partial charge is 0.242 e. The highest BCUT2D eigenvalue weighted by atomic mass is 32.2. The van der Waals surface area contributed by atoms with E-state index < -0.39 is 16.1 Å². The number of hydrogen-bond acceptors (Lipinski definition) is 4. The van der Waals surface area contributed by atoms with Crippen LogP contribution in [0.15, 0.2) is 48.5 Å². The molecular formula is C27H39N3O4S. The van der Waals surface area contributed by atoms with Crippen molar-refractivity contribution in [2.45, 2.75) is 72.5 Å². The average Bonchev–Trinajstić information content (AvgIpc) is 2.79. The zero-order valence-electron chi connectivity index (χ0n) is 21.7. The van der Waals surface area contributed by atoms with Crippen LogP contribution >= 0.6 is 0 Å². The van der Waals surface area contributed by atoms with Crippen molar-refractivity contribution in [1.82, 2.24) is 10.2 Å². The van der Waals surface area contributed by atoms with Crippen molar-refractivity contribution < 1.29 is 18.0 Å². The number of aryl methyl sites for hydroxylation is 2. The maximum absolute atomic E-state index is 13.3. The van der Waals surface area contributed by atoms with Crippen molar-refractivity contribution in [3.05, 3.63) is 65.2 Å². The molecule has 2 aromatic rings. The van der Waals surface area contributed by atoms with Crippen LogP contribution in [0, 0.1) is 13.8 Å². The van der Waals surface area contributed by atoms with Gasteiger partial charge >= 0.3 is 0 Å². The predicted molar refractivity (Wildman–Crippen MR) is 142 cm³/mol. The number of carbonyl (C=O) groups excluding carboxylic acids is 2. The van der Waals surface area contributed by atoms with Crippen LogP contribution in [-0.2, 0) is 26.2 Å². The van der Waals surface area contributed by atoms with Crippen LogP contribution in [0.3, 0.4) is 0 Å². The third kappa shape index (κ3) is 8.69. The van der Waals surface area contributed by atoms with Crippen molar-refractivity contribution in [3.63, 3.8) is 0 Å². The first-order chi connectivity index (χ1) is 16.4. The lowest BCUT2D eigenvalue weighted by molar-refractivity contribution is -0.140. The normalized spacial score (nSPS) is 13.1. The first-order valence-corrected chi connectivity index (χ1v) is 14.0. The number of nitrogens with zero attached hydrogens (tertiary/aromatic N) is 2. The fraction of sp³-hybridized carbons (Fsp3) is 0.481. The first kappa shape index (κ1) is 28.4. The second-order valence-electron chi connectivity index (χ2n) is 9.28. The van der Waals surface area contributed by atoms with Gasteiger partial charge in [0.2, 0.25) is 21.8 Å². The Kier molecular flexibility index (Phi) is 10.3. The van der Waals surface area contributed by atoms with Crippen LogP contribution in [0.2, 0.25) is 0 Å². The van der Waals surface area contributed by atoms with E-state index in [-0.39, 0.29) is 30.8 Å². The molecule has 2 amide bonds. The van der Waals surface area contributed by atoms with Crippen LogP contribution in [0.5, 0.6) is 0 Å². The fourth-order valence-electron chi connectivity index (χ4n) is 3.77. The maximum atomic E-state index is 13.3. The quantitative estimate of drug-likeness (QED) is 0.473. The standard InChI is InChI=1S/C27H39N3O4S/c1-7-22(4)28-27(32)23(5)29(19-24-11-8-10-21(3)18-24)26(31)12-9-17-30(35(6,33)34)25-15-13-20(2)14-16-25/h8,10-11,13-16,18,22-23H,7,9,12,17,19H2,1-6H3,(H,28,32)/t22-,23-/m1/s1. The Morgan fingerprint density at radius 3 is 2.23 bits per heavy atom. The minimum absolute atomic E-state index is 0.0127. The minimum Gasteiger partial charge on any atom is -0.352 e. The van der Waals surface area contributed by atoms with E-state index in [1.54, 1.807) is 24.0 Å². The molecule has 0 unspecified atom stereocenters. The lowest BCUT2D eigenvalue weighted by atomic mass is 10.1. The number of sulfonamides is 1. The highest BCUT2D eigenvalue weighted by molar-refractivity contribution is 7.92. The van der Waals surface area contributed by atoms with Crippen molar-refractivity contribution in [3.8, 4) is 0 Å². The summed E-state index contributed by atoms with van der Waals surface area (Å²) in [4.78, 5) is 27.8. The molecule has 2 aromatic carbocycles. The van der Waals surface area contributed by atoms with Gasteiger partial charge in [0.1, 0.15) is 6.04 Å². The molecule has 0 saturated heterocycles. The SMILES string of the molecule is CC[C@@H](C)NC(=O)[C@@H](C)N(Cc1cccc(C)c1)C(=O)CCCN(c1ccc(C)cc1)S(C)(=O)=O. The number of benzene rings is 2. The van der Waals surface area contributed by atoms with Gasteiger partial charge in [-0.3, -0.25) is 13.9 Å². The molecule has 192 valence electrons. The van der Waals surface area contributed by atoms with E-state index in [4.69, 9.17) is 0 Å². The van der Waals surface area contributed by atoms with Gasteiger partial charge in [-0.05, 0) is 58.2 Å². The largest absolute Gasteiger partial charge is 0.352 e. The van der Waals surface area contributed by atoms with E-state index in [0.717, 1.165) is 23.1 Å². The molecule has 1 N–H and O–H groups in total. The van der Waals surface area contributed by atoms with Crippen LogP contribution in [0.4, 0.5) is 5.69 Å². The molecular weight excluding hydrogens is 462 g/mol. The average molecular weight is 502 g/mol. The van der Waals surface area contributed by atoms with Gasteiger partial charge in [0.15, 0.2) is 0 Å². The third-order valence-corrected chi connectivity index (χ3v) is 7.27. The molecule has 0 radical (unpaired) electrons. The molecule has 7 nitrogen and oxygen atoms in total. The summed E-state index contributed by atoms with van der Waals surface area (Å²) in [7, 11) is -3.50. The summed E-state index contributed by atoms with van der Waals surface area (Å²) in [5.74, 6) is -0.381. The van der Waals surface area contributed by atoms with E-state index >= 15 is 0 Å². The van der Waals surface area contributed by atoms with Crippen LogP contribution in [0.25, 0.3) is 0 Å². The monoisotopic (exact) mass is 501 g/mol. The van der Waals surface area contributed by atoms with Gasteiger partial charge in [-0.1, -0.05) is 54.4 Å². The van der Waals surface area contributed by atoms with Gasteiger partial charge < -0.3 is 10.2 Å². The Morgan fingerprint density at radius 2 is 1.66 bits per heavy atom. The van der Waals surface area contributed by atoms with Gasteiger partial charge in [-0.25, -0.2) is 8.42 Å². The molecule has 0 bridgehead atoms. The highest BCUT2D eigenvalue weighted by Gasteiger charge is 2.27. The van der Waals surface area contributed by atoms with Gasteiger partial charge in [-0.2, -0.15) is 0 Å². The van der Waals surface area contributed by atoms with Crippen LogP contribution < -0.4 is 9.62 Å². The second kappa shape index (κ2) is 12.7. The summed E-state index contributed by atoms with van der Waals surface area (Å²) in [5.41, 5.74) is 3.63. The Labute approximate surface area is 210 Å². The predicted octanol–water partition coefficient (Wildman–Crippen LogP) is 4.18. The Hall–Kier alpha value is -2.87. The molecule has 0 aliphatic carbocycles. The second-order valence-corrected chi connectivity index (χ2v) is 11.2. The van der Waals surface area contributed by atoms with Crippen molar-refractivity contribution in [2.24, 2.45) is 0 Å². The molecule has 2 rings (SSSR count). The van der Waals surface area contributed by atoms with Gasteiger partial charge in [-0.15, -0.1) is 0 Å². The molecule has 0 aliphatic heterocycles. The van der Waals surface area contributed by atoms with Crippen LogP contribution in [-0.4, -0.2) is 50.0 Å². The summed E-state index contributed by atoms with van der Waals surface area (Å²) in [6.45, 7) is 10.1. The molecule has 0 aromatic heterocycles. The van der Waals surface area contributed by atoms with E-state index in [1.165, 1.54) is 10.6 Å². The zero-order chi connectivity index (χ0) is 26.2. The molecule has 35 heavy (non-hydrogen) atoms. The lowest BCUT2D eigenvalue weighted by Gasteiger charge is -2.30. The van der Waals surface area contributed by atoms with E-state index in [2.05, 4.69) is 5.32 Å². The van der Waals surface area contributed by atoms with Gasteiger partial charge in [0.25, 0.3) is 0 Å². The minimum atomic E-state index is -3.50. The van der Waals surface area contributed by atoms with Crippen LogP contribution in [0.1, 0.15) is 56.7 Å². The van der Waals surface area contributed by atoms with E-state index in [1.807, 2.05) is 64.1 Å². The summed E-state index contributed by atoms with van der Waals surface area (Å²) >= 11 is 0. The number of anilines is 1. The number of nitrogens with one attached hydrogen (secondary N) is 1. The lowest BCUT2D eigenvalue weighted by Crippen LogP contribution is -2.49. The Bertz CT molecular complexity index is 1100. The molecule has 2 atom stereocenters. The third-order valence-electron chi connectivity index (χ3n) is 6.08. The molecule has 0 fully saturated rings. The van der Waals surface area contributed by atoms with E-state index in [9.17, 15) is 18.0 Å². The zero-order valence-corrected chi connectivity index (χ0v) is 22.6. The summed E-state index contributed by atoms with van der Waals surface area (Å²) in [6.07, 6.45) is 2.43.